The fraction of sp³-hybridized carbons (Fsp3) is 0.292. The van der Waals surface area contributed by atoms with Crippen LogP contribution in [0.3, 0.4) is 0 Å². The number of benzene rings is 2. The first-order valence-electron chi connectivity index (χ1n) is 11.0. The molecule has 3 heterocycles. The molecule has 1 aromatic heterocycles. The molecule has 1 amide bonds. The van der Waals surface area contributed by atoms with E-state index in [0.717, 1.165) is 41.7 Å². The predicted molar refractivity (Wildman–Crippen MR) is 132 cm³/mol. The van der Waals surface area contributed by atoms with E-state index in [0.29, 0.717) is 16.5 Å². The van der Waals surface area contributed by atoms with Crippen molar-refractivity contribution in [2.75, 3.05) is 20.1 Å². The summed E-state index contributed by atoms with van der Waals surface area (Å²) < 4.78 is 41.9. The lowest BCUT2D eigenvalue weighted by atomic mass is 10.1. The molecule has 2 aromatic carbocycles. The fourth-order valence-corrected chi connectivity index (χ4v) is 5.41. The average Bonchev–Trinajstić information content (AvgIpc) is 3.53. The summed E-state index contributed by atoms with van der Waals surface area (Å²) >= 11 is 7.15. The van der Waals surface area contributed by atoms with E-state index in [-0.39, 0.29) is 23.0 Å². The molecule has 3 aromatic rings. The number of aromatic nitrogens is 2. The molecule has 2 aliphatic heterocycles. The van der Waals surface area contributed by atoms with Crippen molar-refractivity contribution in [3.63, 3.8) is 0 Å². The Kier molecular flexibility index (Phi) is 6.37. The van der Waals surface area contributed by atoms with E-state index < -0.39 is 11.7 Å². The van der Waals surface area contributed by atoms with E-state index in [1.54, 1.807) is 18.3 Å². The molecule has 2 aliphatic rings. The van der Waals surface area contributed by atoms with Crippen LogP contribution in [-0.4, -0.2) is 51.9 Å². The zero-order valence-corrected chi connectivity index (χ0v) is 20.2. The van der Waals surface area contributed by atoms with Gasteiger partial charge < -0.3 is 10.2 Å². The highest BCUT2D eigenvalue weighted by Crippen LogP contribution is 2.35. The number of halogens is 4. The summed E-state index contributed by atoms with van der Waals surface area (Å²) in [5.41, 5.74) is 0.786. The number of nitrogens with one attached hydrogen (secondary N) is 1. The third-order valence-corrected chi connectivity index (χ3v) is 7.42. The summed E-state index contributed by atoms with van der Waals surface area (Å²) in [6, 6.07) is 9.60. The zero-order valence-electron chi connectivity index (χ0n) is 18.6. The molecule has 0 aliphatic carbocycles. The maximum absolute atomic E-state index is 13.5. The van der Waals surface area contributed by atoms with Gasteiger partial charge in [-0.05, 0) is 66.7 Å². The van der Waals surface area contributed by atoms with Crippen molar-refractivity contribution in [1.29, 1.82) is 0 Å². The Morgan fingerprint density at radius 2 is 2.09 bits per heavy atom. The Labute approximate surface area is 208 Å². The number of hydrogen-bond donors (Lipinski definition) is 1. The third-order valence-electron chi connectivity index (χ3n) is 6.14. The minimum Gasteiger partial charge on any atom is -0.349 e. The number of rotatable bonds is 4. The molecule has 0 bridgehead atoms. The van der Waals surface area contributed by atoms with Gasteiger partial charge in [-0.15, -0.1) is 0 Å². The number of fused-ring (bicyclic) bond motifs is 1. The Hall–Kier alpha value is -2.82. The second-order valence-corrected chi connectivity index (χ2v) is 9.90. The van der Waals surface area contributed by atoms with Gasteiger partial charge in [0.1, 0.15) is 0 Å². The summed E-state index contributed by atoms with van der Waals surface area (Å²) in [6.45, 7) is 1.62. The first kappa shape index (κ1) is 23.9. The van der Waals surface area contributed by atoms with Crippen molar-refractivity contribution in [2.45, 2.75) is 25.2 Å². The molecule has 0 radical (unpaired) electrons. The number of carbonyl (C=O) groups excluding carboxylic acids is 1. The van der Waals surface area contributed by atoms with E-state index in [4.69, 9.17) is 11.6 Å². The largest absolute Gasteiger partial charge is 0.416 e. The van der Waals surface area contributed by atoms with Gasteiger partial charge in [0.05, 0.1) is 28.7 Å². The Balaban J connectivity index is 1.36. The number of thioether (sulfide) groups is 1. The molecule has 35 heavy (non-hydrogen) atoms. The van der Waals surface area contributed by atoms with Gasteiger partial charge in [-0.1, -0.05) is 23.7 Å². The Morgan fingerprint density at radius 1 is 1.26 bits per heavy atom. The van der Waals surface area contributed by atoms with E-state index in [2.05, 4.69) is 20.3 Å². The number of likely N-dealkylation sites (tertiary alicyclic amines) is 1. The quantitative estimate of drug-likeness (QED) is 0.490. The fourth-order valence-electron chi connectivity index (χ4n) is 4.29. The molecule has 0 spiro atoms. The Morgan fingerprint density at radius 3 is 2.83 bits per heavy atom. The van der Waals surface area contributed by atoms with E-state index in [1.807, 2.05) is 19.2 Å². The summed E-state index contributed by atoms with van der Waals surface area (Å²) in [5.74, 6) is -0.267. The minimum atomic E-state index is -4.52. The van der Waals surface area contributed by atoms with Gasteiger partial charge in [-0.2, -0.15) is 23.3 Å². The van der Waals surface area contributed by atoms with Crippen LogP contribution in [0.15, 0.2) is 52.5 Å². The molecular weight excluding hydrogens is 499 g/mol. The number of amidine groups is 1. The SMILES string of the molecule is CN[C@H]1CCN(C2=NC(=O)/C(=C/c3ccc4c(cnn4Cc4ccc(Cl)cc4C(F)(F)F)c3)S2)C1. The standard InChI is InChI=1S/C24H21ClF3N5OS/c1-29-18-6-7-32(13-18)23-31-22(34)21(35-23)9-14-2-5-20-16(8-14)11-30-33(20)12-15-3-4-17(25)10-19(15)24(26,27)28/h2-5,8-11,18,29H,6-7,12-13H2,1H3/b21-9-/t18-/m0/s1. The number of aliphatic imine (C=N–C) groups is 1. The van der Waals surface area contributed by atoms with E-state index in [1.165, 1.54) is 28.6 Å². The molecule has 0 unspecified atom stereocenters. The monoisotopic (exact) mass is 519 g/mol. The molecule has 182 valence electrons. The predicted octanol–water partition coefficient (Wildman–Crippen LogP) is 5.02. The molecule has 1 N–H and O–H groups in total. The van der Waals surface area contributed by atoms with E-state index in [9.17, 15) is 18.0 Å². The van der Waals surface area contributed by atoms with Crippen LogP contribution in [0.2, 0.25) is 5.02 Å². The van der Waals surface area contributed by atoms with Crippen LogP contribution in [0.25, 0.3) is 17.0 Å². The second-order valence-electron chi connectivity index (χ2n) is 8.45. The van der Waals surface area contributed by atoms with Crippen LogP contribution in [0.4, 0.5) is 13.2 Å². The van der Waals surface area contributed by atoms with Crippen LogP contribution in [0, 0.1) is 0 Å². The topological polar surface area (TPSA) is 62.5 Å². The number of carbonyl (C=O) groups is 1. The molecule has 6 nitrogen and oxygen atoms in total. The number of amides is 1. The smallest absolute Gasteiger partial charge is 0.349 e. The molecule has 11 heteroatoms. The third kappa shape index (κ3) is 4.96. The van der Waals surface area contributed by atoms with Crippen molar-refractivity contribution in [1.82, 2.24) is 20.0 Å². The van der Waals surface area contributed by atoms with Crippen molar-refractivity contribution >= 4 is 51.4 Å². The first-order chi connectivity index (χ1) is 16.7. The molecule has 1 saturated heterocycles. The summed E-state index contributed by atoms with van der Waals surface area (Å²) in [4.78, 5) is 19.3. The zero-order chi connectivity index (χ0) is 24.7. The summed E-state index contributed by atoms with van der Waals surface area (Å²) in [7, 11) is 1.93. The first-order valence-corrected chi connectivity index (χ1v) is 12.2. The van der Waals surface area contributed by atoms with Gasteiger partial charge in [0.2, 0.25) is 0 Å². The minimum absolute atomic E-state index is 0.0297. The highest BCUT2D eigenvalue weighted by Gasteiger charge is 2.34. The number of alkyl halides is 3. The number of nitrogens with zero attached hydrogens (tertiary/aromatic N) is 4. The highest BCUT2D eigenvalue weighted by atomic mass is 35.5. The lowest BCUT2D eigenvalue weighted by molar-refractivity contribution is -0.138. The second kappa shape index (κ2) is 9.33. The normalized spacial score (nSPS) is 19.9. The average molecular weight is 520 g/mol. The highest BCUT2D eigenvalue weighted by molar-refractivity contribution is 8.18. The number of hydrogen-bond acceptors (Lipinski definition) is 5. The summed E-state index contributed by atoms with van der Waals surface area (Å²) in [5, 5.41) is 9.05. The van der Waals surface area contributed by atoms with Gasteiger partial charge in [-0.25, -0.2) is 0 Å². The van der Waals surface area contributed by atoms with Gasteiger partial charge in [0.25, 0.3) is 5.91 Å². The van der Waals surface area contributed by atoms with Gasteiger partial charge in [-0.3, -0.25) is 9.48 Å². The lowest BCUT2D eigenvalue weighted by Gasteiger charge is -2.16. The molecule has 0 saturated carbocycles. The van der Waals surface area contributed by atoms with E-state index >= 15 is 0 Å². The van der Waals surface area contributed by atoms with Crippen molar-refractivity contribution in [3.05, 3.63) is 69.2 Å². The van der Waals surface area contributed by atoms with Crippen molar-refractivity contribution < 1.29 is 18.0 Å². The van der Waals surface area contributed by atoms with Crippen LogP contribution < -0.4 is 5.32 Å². The lowest BCUT2D eigenvalue weighted by Crippen LogP contribution is -2.31. The van der Waals surface area contributed by atoms with Crippen LogP contribution in [0.1, 0.15) is 23.1 Å². The maximum Gasteiger partial charge on any atom is 0.416 e. The van der Waals surface area contributed by atoms with Gasteiger partial charge in [0, 0.05) is 29.5 Å². The molecule has 1 fully saturated rings. The number of likely N-dealkylation sites (N-methyl/N-ethyl adjacent to an activating group) is 1. The Bertz CT molecular complexity index is 1370. The van der Waals surface area contributed by atoms with Crippen LogP contribution in [-0.2, 0) is 17.5 Å². The van der Waals surface area contributed by atoms with Crippen LogP contribution >= 0.6 is 23.4 Å². The van der Waals surface area contributed by atoms with Crippen molar-refractivity contribution in [3.8, 4) is 0 Å². The maximum atomic E-state index is 13.5. The summed E-state index contributed by atoms with van der Waals surface area (Å²) in [6.07, 6.45) is -0.122. The van der Waals surface area contributed by atoms with Crippen molar-refractivity contribution in [2.24, 2.45) is 4.99 Å². The molecule has 1 atom stereocenters. The molecule has 5 rings (SSSR count). The van der Waals surface area contributed by atoms with Crippen LogP contribution in [0.5, 0.6) is 0 Å². The van der Waals surface area contributed by atoms with Gasteiger partial charge in [0.15, 0.2) is 5.17 Å². The van der Waals surface area contributed by atoms with Gasteiger partial charge >= 0.3 is 6.18 Å². The molecular formula is C24H21ClF3N5OS.